The molecule has 3 aromatic carbocycles. The van der Waals surface area contributed by atoms with Crippen LogP contribution in [0.3, 0.4) is 0 Å². The molecule has 4 rings (SSSR count). The monoisotopic (exact) mass is 580 g/mol. The van der Waals surface area contributed by atoms with E-state index in [1.807, 2.05) is 0 Å². The van der Waals surface area contributed by atoms with Gasteiger partial charge < -0.3 is 4.74 Å². The molecule has 0 heterocycles. The number of quaternary nitrogens is 3. The summed E-state index contributed by atoms with van der Waals surface area (Å²) < 4.78 is 8.20. The van der Waals surface area contributed by atoms with Crippen LogP contribution in [0.2, 0.25) is 0 Å². The second kappa shape index (κ2) is 13.7. The number of ether oxygens (including phenoxy) is 1. The quantitative estimate of drug-likeness (QED) is 0.187. The molecule has 0 spiro atoms. The number of rotatable bonds is 10. The normalized spacial score (nSPS) is 18.1. The highest BCUT2D eigenvalue weighted by Crippen LogP contribution is 2.37. The van der Waals surface area contributed by atoms with E-state index in [4.69, 9.17) is 4.74 Å². The van der Waals surface area contributed by atoms with Crippen LogP contribution in [0, 0.1) is 0 Å². The molecule has 0 N–H and O–H groups in total. The van der Waals surface area contributed by atoms with Gasteiger partial charge in [0.05, 0.1) is 60.9 Å². The molecule has 0 aromatic heterocycles. The number of nitrogens with zero attached hydrogens (tertiary/aromatic N) is 3. The number of carbonyl (C=O) groups excluding carboxylic acids is 1. The molecule has 0 aliphatic heterocycles. The lowest BCUT2D eigenvalue weighted by atomic mass is 9.84. The first-order chi connectivity index (χ1) is 20.3. The smallest absolute Gasteiger partial charge is 0.303 e. The van der Waals surface area contributed by atoms with Crippen LogP contribution in [0.1, 0.15) is 36.5 Å². The number of esters is 1. The molecule has 3 aromatic rings. The molecule has 0 atom stereocenters. The average molecular weight is 581 g/mol. The number of hydrogen-bond donors (Lipinski definition) is 0. The minimum absolute atomic E-state index is 0.254. The van der Waals surface area contributed by atoms with E-state index in [9.17, 15) is 4.79 Å². The van der Waals surface area contributed by atoms with Crippen LogP contribution in [-0.4, -0.2) is 67.8 Å². The van der Waals surface area contributed by atoms with E-state index < -0.39 is 0 Å². The van der Waals surface area contributed by atoms with Crippen LogP contribution in [0.5, 0.6) is 0 Å². The van der Waals surface area contributed by atoms with Crippen LogP contribution in [0.15, 0.2) is 126 Å². The van der Waals surface area contributed by atoms with E-state index in [1.54, 1.807) is 0 Å². The molecule has 5 nitrogen and oxygen atoms in total. The van der Waals surface area contributed by atoms with Gasteiger partial charge in [0.1, 0.15) is 19.6 Å². The zero-order chi connectivity index (χ0) is 31.1. The highest BCUT2D eigenvalue weighted by atomic mass is 16.5. The fraction of sp³-hybridized carbons (Fsp3) is 0.342. The third-order valence-corrected chi connectivity index (χ3v) is 7.68. The van der Waals surface area contributed by atoms with Gasteiger partial charge in [-0.2, -0.15) is 0 Å². The zero-order valence-electron chi connectivity index (χ0n) is 27.2. The van der Waals surface area contributed by atoms with Gasteiger partial charge in [0.15, 0.2) is 6.10 Å². The van der Waals surface area contributed by atoms with Gasteiger partial charge >= 0.3 is 5.97 Å². The second-order valence-corrected chi connectivity index (χ2v) is 13.8. The Labute approximate surface area is 259 Å². The first kappa shape index (κ1) is 32.2. The Morgan fingerprint density at radius 2 is 0.930 bits per heavy atom. The van der Waals surface area contributed by atoms with Crippen molar-refractivity contribution in [3.63, 3.8) is 0 Å². The molecule has 0 radical (unpaired) electrons. The molecule has 0 saturated heterocycles. The standard InChI is InChI=1S/C38H50N3O2/c1-31(42)43-38-36(29-40(4,5)26-33-19-13-9-14-20-33)23-35(28-39(2,3)25-32-17-11-8-12-18-32)24-37(38)30-41(6,7)27-34-21-15-10-16-22-34/h8-22,28-30,38H,23-27H2,1-7H3/q+3. The van der Waals surface area contributed by atoms with Crippen molar-refractivity contribution in [3.8, 4) is 0 Å². The van der Waals surface area contributed by atoms with Crippen molar-refractivity contribution in [1.82, 2.24) is 0 Å². The molecule has 1 fully saturated rings. The molecular formula is C38H50N3O2+3. The summed E-state index contributed by atoms with van der Waals surface area (Å²) in [6.45, 7) is 4.12. The van der Waals surface area contributed by atoms with Gasteiger partial charge in [-0.1, -0.05) is 91.0 Å². The first-order valence-corrected chi connectivity index (χ1v) is 15.2. The summed E-state index contributed by atoms with van der Waals surface area (Å²) >= 11 is 0. The van der Waals surface area contributed by atoms with Crippen LogP contribution in [0.25, 0.3) is 0 Å². The first-order valence-electron chi connectivity index (χ1n) is 15.2. The van der Waals surface area contributed by atoms with Crippen molar-refractivity contribution in [3.05, 3.63) is 143 Å². The van der Waals surface area contributed by atoms with Crippen molar-refractivity contribution in [2.75, 3.05) is 42.3 Å². The van der Waals surface area contributed by atoms with Crippen molar-refractivity contribution < 1.29 is 23.0 Å². The Kier molecular flexibility index (Phi) is 10.2. The van der Waals surface area contributed by atoms with Gasteiger partial charge in [0.2, 0.25) is 0 Å². The maximum absolute atomic E-state index is 12.5. The van der Waals surface area contributed by atoms with Crippen molar-refractivity contribution >= 4 is 5.97 Å². The number of benzene rings is 3. The molecule has 226 valence electrons. The largest absolute Gasteiger partial charge is 0.453 e. The van der Waals surface area contributed by atoms with Gasteiger partial charge in [0.25, 0.3) is 0 Å². The van der Waals surface area contributed by atoms with E-state index in [0.717, 1.165) is 48.1 Å². The van der Waals surface area contributed by atoms with Crippen LogP contribution < -0.4 is 0 Å². The van der Waals surface area contributed by atoms with Gasteiger partial charge in [-0.05, 0) is 5.57 Å². The Morgan fingerprint density at radius 1 is 0.605 bits per heavy atom. The van der Waals surface area contributed by atoms with E-state index in [-0.39, 0.29) is 12.1 Å². The van der Waals surface area contributed by atoms with Gasteiger partial charge in [-0.25, -0.2) is 0 Å². The van der Waals surface area contributed by atoms with E-state index in [1.165, 1.54) is 29.2 Å². The SMILES string of the molecule is CC(=O)OC1C(=C[N+](C)(C)Cc2ccccc2)CC(=C[N+](C)(C)Cc2ccccc2)CC1=C[N+](C)(C)Cc1ccccc1. The van der Waals surface area contributed by atoms with Gasteiger partial charge in [-0.3, -0.25) is 18.2 Å². The van der Waals surface area contributed by atoms with Crippen molar-refractivity contribution in [2.45, 2.75) is 45.5 Å². The highest BCUT2D eigenvalue weighted by molar-refractivity contribution is 5.67. The Balaban J connectivity index is 1.76. The Morgan fingerprint density at radius 3 is 1.26 bits per heavy atom. The third-order valence-electron chi connectivity index (χ3n) is 7.68. The molecule has 0 unspecified atom stereocenters. The topological polar surface area (TPSA) is 26.3 Å². The number of hydrogen-bond acceptors (Lipinski definition) is 2. The minimum Gasteiger partial charge on any atom is -0.453 e. The maximum Gasteiger partial charge on any atom is 0.303 e. The van der Waals surface area contributed by atoms with Gasteiger partial charge in [-0.15, -0.1) is 0 Å². The fourth-order valence-electron chi connectivity index (χ4n) is 6.34. The lowest BCUT2D eigenvalue weighted by Crippen LogP contribution is -2.39. The molecule has 1 saturated carbocycles. The lowest BCUT2D eigenvalue weighted by Gasteiger charge is -2.35. The number of carbonyl (C=O) groups is 1. The molecule has 5 heteroatoms. The highest BCUT2D eigenvalue weighted by Gasteiger charge is 2.35. The van der Waals surface area contributed by atoms with Crippen LogP contribution >= 0.6 is 0 Å². The molecule has 1 aliphatic rings. The molecule has 43 heavy (non-hydrogen) atoms. The predicted octanol–water partition coefficient (Wildman–Crippen LogP) is 7.19. The molecular weight excluding hydrogens is 530 g/mol. The predicted molar refractivity (Wildman–Crippen MR) is 176 cm³/mol. The summed E-state index contributed by atoms with van der Waals surface area (Å²) in [4.78, 5) is 12.5. The summed E-state index contributed by atoms with van der Waals surface area (Å²) in [5, 5.41) is 0. The second-order valence-electron chi connectivity index (χ2n) is 13.8. The molecule has 0 amide bonds. The summed E-state index contributed by atoms with van der Waals surface area (Å²) in [5.41, 5.74) is 7.49. The van der Waals surface area contributed by atoms with Crippen molar-refractivity contribution in [1.29, 1.82) is 0 Å². The van der Waals surface area contributed by atoms with Crippen molar-refractivity contribution in [2.24, 2.45) is 0 Å². The summed E-state index contributed by atoms with van der Waals surface area (Å²) in [6.07, 6.45) is 8.20. The molecule has 1 aliphatic carbocycles. The summed E-state index contributed by atoms with van der Waals surface area (Å²) in [7, 11) is 13.4. The van der Waals surface area contributed by atoms with E-state index in [2.05, 4.69) is 152 Å². The number of allylic oxidation sites excluding steroid dienone is 1. The van der Waals surface area contributed by atoms with E-state index >= 15 is 0 Å². The summed E-state index contributed by atoms with van der Waals surface area (Å²) in [5.74, 6) is -0.254. The lowest BCUT2D eigenvalue weighted by molar-refractivity contribution is -0.854. The van der Waals surface area contributed by atoms with Crippen LogP contribution in [-0.2, 0) is 29.2 Å². The van der Waals surface area contributed by atoms with Gasteiger partial charge in [0, 0.05) is 47.6 Å². The average Bonchev–Trinajstić information content (AvgIpc) is 2.90. The Bertz CT molecular complexity index is 1380. The third kappa shape index (κ3) is 10.2. The Hall–Kier alpha value is -3.77. The fourth-order valence-corrected chi connectivity index (χ4v) is 6.34. The molecule has 0 bridgehead atoms. The maximum atomic E-state index is 12.5. The zero-order valence-corrected chi connectivity index (χ0v) is 27.2. The summed E-state index contributed by atoms with van der Waals surface area (Å²) in [6, 6.07) is 31.8. The van der Waals surface area contributed by atoms with Crippen LogP contribution in [0.4, 0.5) is 0 Å². The minimum atomic E-state index is -0.388. The van der Waals surface area contributed by atoms with E-state index in [0.29, 0.717) is 8.97 Å².